The van der Waals surface area contributed by atoms with Gasteiger partial charge in [-0.2, -0.15) is 0 Å². The molecule has 1 saturated heterocycles. The van der Waals surface area contributed by atoms with E-state index in [4.69, 9.17) is 4.74 Å². The Labute approximate surface area is 195 Å². The zero-order valence-electron chi connectivity index (χ0n) is 20.9. The molecule has 0 radical (unpaired) electrons. The van der Waals surface area contributed by atoms with Crippen molar-refractivity contribution in [3.05, 3.63) is 12.2 Å². The molecular formula is C27H46N2O3. The van der Waals surface area contributed by atoms with Crippen molar-refractivity contribution >= 4 is 5.97 Å². The molecule has 1 aliphatic heterocycles. The topological polar surface area (TPSA) is 53.0 Å². The average Bonchev–Trinajstić information content (AvgIpc) is 3.05. The molecule has 4 aliphatic rings. The highest BCUT2D eigenvalue weighted by atomic mass is 16.5. The summed E-state index contributed by atoms with van der Waals surface area (Å²) in [7, 11) is 2.20. The summed E-state index contributed by atoms with van der Waals surface area (Å²) in [6.45, 7) is 16.5. The molecule has 5 nitrogen and oxygen atoms in total. The zero-order chi connectivity index (χ0) is 23.1. The molecule has 0 aromatic rings. The lowest BCUT2D eigenvalue weighted by Crippen LogP contribution is -2.54. The number of piperazine rings is 1. The highest BCUT2D eigenvalue weighted by Gasteiger charge is 2.58. The number of fused-ring (bicyclic) bond motifs is 1. The van der Waals surface area contributed by atoms with Crippen LogP contribution in [0.3, 0.4) is 0 Å². The van der Waals surface area contributed by atoms with Crippen LogP contribution in [0.15, 0.2) is 12.2 Å². The van der Waals surface area contributed by atoms with Crippen LogP contribution in [0.25, 0.3) is 0 Å². The molecule has 0 aromatic heterocycles. The van der Waals surface area contributed by atoms with Crippen molar-refractivity contribution in [2.75, 3.05) is 39.8 Å². The van der Waals surface area contributed by atoms with Crippen molar-refractivity contribution in [1.29, 1.82) is 0 Å². The Morgan fingerprint density at radius 1 is 1.12 bits per heavy atom. The van der Waals surface area contributed by atoms with Crippen LogP contribution in [0.4, 0.5) is 0 Å². The molecular weight excluding hydrogens is 400 g/mol. The van der Waals surface area contributed by atoms with Crippen molar-refractivity contribution in [2.45, 2.75) is 84.3 Å². The molecule has 4 fully saturated rings. The number of allylic oxidation sites excluding steroid dienone is 1. The van der Waals surface area contributed by atoms with Crippen molar-refractivity contribution < 1.29 is 14.6 Å². The summed E-state index contributed by atoms with van der Waals surface area (Å²) in [5.74, 6) is 1.10. The Morgan fingerprint density at radius 3 is 2.53 bits per heavy atom. The minimum atomic E-state index is -0.187. The highest BCUT2D eigenvalue weighted by molar-refractivity contribution is 5.66. The standard InChI is InChI=1S/C27H46N2O3/c1-19-6-7-23-25(32-20(2)30)24(9-12-26(19,23)3)27(4)11-8-22(31)18-21(27)10-13-29-16-14-28(5)15-17-29/h21-25,31H,1,6-18H2,2-5H3. The number of hydrogen-bond donors (Lipinski definition) is 1. The molecule has 3 saturated carbocycles. The molecule has 182 valence electrons. The molecule has 0 aromatic carbocycles. The summed E-state index contributed by atoms with van der Waals surface area (Å²) >= 11 is 0. The molecule has 7 atom stereocenters. The van der Waals surface area contributed by atoms with Gasteiger partial charge in [0.05, 0.1) is 6.10 Å². The minimum absolute atomic E-state index is 0.0168. The molecule has 4 rings (SSSR count). The van der Waals surface area contributed by atoms with E-state index < -0.39 is 0 Å². The van der Waals surface area contributed by atoms with Crippen LogP contribution in [0.1, 0.15) is 72.1 Å². The molecule has 5 heteroatoms. The summed E-state index contributed by atoms with van der Waals surface area (Å²) in [4.78, 5) is 17.2. The van der Waals surface area contributed by atoms with Gasteiger partial charge in [-0.05, 0) is 81.7 Å². The van der Waals surface area contributed by atoms with Crippen LogP contribution < -0.4 is 0 Å². The van der Waals surface area contributed by atoms with Gasteiger partial charge >= 0.3 is 5.97 Å². The lowest BCUT2D eigenvalue weighted by molar-refractivity contribution is -0.173. The van der Waals surface area contributed by atoms with Crippen LogP contribution in [-0.4, -0.2) is 72.9 Å². The van der Waals surface area contributed by atoms with Gasteiger partial charge in [0.15, 0.2) is 0 Å². The predicted molar refractivity (Wildman–Crippen MR) is 128 cm³/mol. The van der Waals surface area contributed by atoms with E-state index in [-0.39, 0.29) is 29.0 Å². The van der Waals surface area contributed by atoms with E-state index in [1.807, 2.05) is 0 Å². The lowest BCUT2D eigenvalue weighted by atomic mass is 9.51. The summed E-state index contributed by atoms with van der Waals surface area (Å²) in [5, 5.41) is 10.6. The fraction of sp³-hybridized carbons (Fsp3) is 0.889. The molecule has 0 spiro atoms. The highest BCUT2D eigenvalue weighted by Crippen LogP contribution is 2.62. The number of likely N-dealkylation sites (N-methyl/N-ethyl adjacent to an activating group) is 1. The molecule has 1 heterocycles. The van der Waals surface area contributed by atoms with Gasteiger partial charge < -0.3 is 19.6 Å². The van der Waals surface area contributed by atoms with E-state index in [9.17, 15) is 9.90 Å². The van der Waals surface area contributed by atoms with E-state index in [0.717, 1.165) is 84.1 Å². The third-order valence-corrected chi connectivity index (χ3v) is 10.2. The quantitative estimate of drug-likeness (QED) is 0.509. The van der Waals surface area contributed by atoms with E-state index in [0.29, 0.717) is 17.8 Å². The normalized spacial score (nSPS) is 43.8. The maximum atomic E-state index is 12.2. The van der Waals surface area contributed by atoms with Gasteiger partial charge in [-0.1, -0.05) is 26.0 Å². The Morgan fingerprint density at radius 2 is 1.84 bits per heavy atom. The number of aliphatic hydroxyl groups excluding tert-OH is 1. The predicted octanol–water partition coefficient (Wildman–Crippen LogP) is 4.11. The van der Waals surface area contributed by atoms with E-state index in [1.54, 1.807) is 6.92 Å². The molecule has 7 unspecified atom stereocenters. The van der Waals surface area contributed by atoms with E-state index in [1.165, 1.54) is 5.57 Å². The number of rotatable bonds is 5. The number of aliphatic hydroxyl groups is 1. The monoisotopic (exact) mass is 446 g/mol. The molecule has 3 aliphatic carbocycles. The van der Waals surface area contributed by atoms with Crippen molar-refractivity contribution in [2.24, 2.45) is 28.6 Å². The first-order valence-electron chi connectivity index (χ1n) is 13.1. The van der Waals surface area contributed by atoms with E-state index >= 15 is 0 Å². The maximum absolute atomic E-state index is 12.2. The Balaban J connectivity index is 1.54. The number of hydrogen-bond acceptors (Lipinski definition) is 5. The fourth-order valence-corrected chi connectivity index (χ4v) is 7.79. The summed E-state index contributed by atoms with van der Waals surface area (Å²) in [6.07, 6.45) is 8.14. The smallest absolute Gasteiger partial charge is 0.302 e. The van der Waals surface area contributed by atoms with Gasteiger partial charge in [-0.3, -0.25) is 4.79 Å². The molecule has 32 heavy (non-hydrogen) atoms. The van der Waals surface area contributed by atoms with Gasteiger partial charge in [-0.15, -0.1) is 0 Å². The van der Waals surface area contributed by atoms with Crippen molar-refractivity contribution in [3.63, 3.8) is 0 Å². The number of esters is 1. The Kier molecular flexibility index (Phi) is 7.10. The number of nitrogens with zero attached hydrogens (tertiary/aromatic N) is 2. The largest absolute Gasteiger partial charge is 0.462 e. The molecule has 0 bridgehead atoms. The number of carbonyl (C=O) groups excluding carboxylic acids is 1. The second-order valence-corrected chi connectivity index (χ2v) is 11.9. The van der Waals surface area contributed by atoms with Gasteiger partial charge in [0, 0.05) is 44.9 Å². The van der Waals surface area contributed by atoms with Gasteiger partial charge in [0.1, 0.15) is 6.10 Å². The zero-order valence-corrected chi connectivity index (χ0v) is 20.9. The van der Waals surface area contributed by atoms with Crippen LogP contribution >= 0.6 is 0 Å². The van der Waals surface area contributed by atoms with E-state index in [2.05, 4.69) is 37.3 Å². The van der Waals surface area contributed by atoms with Gasteiger partial charge in [-0.25, -0.2) is 0 Å². The number of ether oxygens (including phenoxy) is 1. The van der Waals surface area contributed by atoms with Gasteiger partial charge in [0.2, 0.25) is 0 Å². The summed E-state index contributed by atoms with van der Waals surface area (Å²) in [5.41, 5.74) is 1.57. The first-order valence-corrected chi connectivity index (χ1v) is 13.1. The van der Waals surface area contributed by atoms with Crippen LogP contribution in [-0.2, 0) is 9.53 Å². The third-order valence-electron chi connectivity index (χ3n) is 10.2. The summed E-state index contributed by atoms with van der Waals surface area (Å²) < 4.78 is 6.17. The average molecular weight is 447 g/mol. The SMILES string of the molecule is C=C1CCC2C(OC(C)=O)C(C3(C)CCC(O)CC3CCN3CCN(C)CC3)CCC12C. The third kappa shape index (κ3) is 4.54. The molecule has 0 amide bonds. The first kappa shape index (κ1) is 24.2. The summed E-state index contributed by atoms with van der Waals surface area (Å²) in [6, 6.07) is 0. The van der Waals surface area contributed by atoms with Crippen LogP contribution in [0.5, 0.6) is 0 Å². The Hall–Kier alpha value is -0.910. The lowest BCUT2D eigenvalue weighted by Gasteiger charge is -2.56. The van der Waals surface area contributed by atoms with Crippen LogP contribution in [0.2, 0.25) is 0 Å². The number of carbonyl (C=O) groups is 1. The van der Waals surface area contributed by atoms with Gasteiger partial charge in [0.25, 0.3) is 0 Å². The van der Waals surface area contributed by atoms with Crippen LogP contribution in [0, 0.1) is 28.6 Å². The van der Waals surface area contributed by atoms with Crippen molar-refractivity contribution in [1.82, 2.24) is 9.80 Å². The second-order valence-electron chi connectivity index (χ2n) is 11.9. The van der Waals surface area contributed by atoms with Crippen molar-refractivity contribution in [3.8, 4) is 0 Å². The fourth-order valence-electron chi connectivity index (χ4n) is 7.79. The maximum Gasteiger partial charge on any atom is 0.302 e. The molecule has 1 N–H and O–H groups in total. The first-order chi connectivity index (χ1) is 15.1. The second kappa shape index (κ2) is 9.38. The Bertz CT molecular complexity index is 703. The minimum Gasteiger partial charge on any atom is -0.462 e.